The van der Waals surface area contributed by atoms with Crippen LogP contribution in [0.1, 0.15) is 25.8 Å². The fourth-order valence-electron chi connectivity index (χ4n) is 2.83. The molecule has 0 aromatic heterocycles. The van der Waals surface area contributed by atoms with E-state index in [9.17, 15) is 9.59 Å². The van der Waals surface area contributed by atoms with E-state index in [2.05, 4.69) is 25.2 Å². The lowest BCUT2D eigenvalue weighted by molar-refractivity contribution is -0.120. The van der Waals surface area contributed by atoms with Crippen molar-refractivity contribution in [2.75, 3.05) is 22.5 Å². The molecule has 2 amide bonds. The first kappa shape index (κ1) is 19.8. The monoisotopic (exact) mass is 400 g/mol. The Morgan fingerprint density at radius 1 is 1.30 bits per heavy atom. The second-order valence-corrected chi connectivity index (χ2v) is 9.13. The molecule has 0 saturated heterocycles. The van der Waals surface area contributed by atoms with Crippen molar-refractivity contribution in [1.29, 1.82) is 0 Å². The molecule has 4 nitrogen and oxygen atoms in total. The van der Waals surface area contributed by atoms with E-state index in [0.29, 0.717) is 11.0 Å². The van der Waals surface area contributed by atoms with Gasteiger partial charge in [0, 0.05) is 20.7 Å². The molecule has 2 aromatic rings. The van der Waals surface area contributed by atoms with Gasteiger partial charge in [-0.3, -0.25) is 9.59 Å². The first-order valence-electron chi connectivity index (χ1n) is 9.07. The second-order valence-electron chi connectivity index (χ2n) is 6.60. The summed E-state index contributed by atoms with van der Waals surface area (Å²) in [5.74, 6) is 0.145. The zero-order valence-electron chi connectivity index (χ0n) is 15.8. The number of para-hydroxylation sites is 1. The van der Waals surface area contributed by atoms with E-state index < -0.39 is 0 Å². The van der Waals surface area contributed by atoms with Crippen LogP contribution >= 0.6 is 23.5 Å². The van der Waals surface area contributed by atoms with Crippen molar-refractivity contribution >= 4 is 46.7 Å². The van der Waals surface area contributed by atoms with Crippen LogP contribution < -0.4 is 10.2 Å². The molecule has 1 N–H and O–H groups in total. The molecule has 1 aliphatic rings. The molecule has 0 spiro atoms. The van der Waals surface area contributed by atoms with Gasteiger partial charge in [-0.15, -0.1) is 23.5 Å². The van der Waals surface area contributed by atoms with Crippen LogP contribution in [0.2, 0.25) is 0 Å². The number of hydrogen-bond acceptors (Lipinski definition) is 4. The molecule has 1 aliphatic heterocycles. The molecule has 0 aliphatic carbocycles. The fraction of sp³-hybridized carbons (Fsp3) is 0.333. The molecule has 0 fully saturated rings. The Balaban J connectivity index is 1.68. The summed E-state index contributed by atoms with van der Waals surface area (Å²) in [6.07, 6.45) is 1.12. The lowest BCUT2D eigenvalue weighted by Crippen LogP contribution is -2.41. The van der Waals surface area contributed by atoms with Crippen LogP contribution in [0.5, 0.6) is 0 Å². The Bertz CT molecular complexity index is 854. The van der Waals surface area contributed by atoms with Crippen LogP contribution in [0.3, 0.4) is 0 Å². The minimum absolute atomic E-state index is 0.0270. The molecule has 0 bridgehead atoms. The third-order valence-corrected chi connectivity index (χ3v) is 6.80. The van der Waals surface area contributed by atoms with Gasteiger partial charge in [0.05, 0.1) is 11.4 Å². The second kappa shape index (κ2) is 8.85. The minimum Gasteiger partial charge on any atom is -0.324 e. The van der Waals surface area contributed by atoms with Crippen molar-refractivity contribution in [3.63, 3.8) is 0 Å². The maximum absolute atomic E-state index is 12.6. The molecular weight excluding hydrogens is 376 g/mol. The van der Waals surface area contributed by atoms with Gasteiger partial charge in [-0.25, -0.2) is 0 Å². The van der Waals surface area contributed by atoms with Gasteiger partial charge >= 0.3 is 0 Å². The van der Waals surface area contributed by atoms with E-state index >= 15 is 0 Å². The number of thioether (sulfide) groups is 2. The number of nitrogens with zero attached hydrogens (tertiary/aromatic N) is 1. The lowest BCUT2D eigenvalue weighted by atomic mass is 10.2. The molecule has 142 valence electrons. The molecule has 0 radical (unpaired) electrons. The van der Waals surface area contributed by atoms with Crippen LogP contribution in [0, 0.1) is 6.92 Å². The number of fused-ring (bicyclic) bond motifs is 1. The Morgan fingerprint density at radius 3 is 2.81 bits per heavy atom. The van der Waals surface area contributed by atoms with Gasteiger partial charge in [0.2, 0.25) is 11.8 Å². The van der Waals surface area contributed by atoms with Gasteiger partial charge < -0.3 is 10.2 Å². The highest BCUT2D eigenvalue weighted by molar-refractivity contribution is 8.00. The maximum atomic E-state index is 12.6. The standard InChI is InChI=1S/C21H24N2O2S2/c1-4-15(3)27-16-9-10-17(14(2)11-16)22-20(24)12-23-18-7-5-6-8-19(18)26-13-21(23)25/h5-11,15H,4,12-13H2,1-3H3,(H,22,24). The normalized spacial score (nSPS) is 14.6. The largest absolute Gasteiger partial charge is 0.324 e. The summed E-state index contributed by atoms with van der Waals surface area (Å²) >= 11 is 3.36. The number of benzene rings is 2. The van der Waals surface area contributed by atoms with E-state index in [1.807, 2.05) is 55.1 Å². The van der Waals surface area contributed by atoms with Crippen molar-refractivity contribution in [3.05, 3.63) is 48.0 Å². The SMILES string of the molecule is CCC(C)Sc1ccc(NC(=O)CN2C(=O)CSc3ccccc32)c(C)c1. The highest BCUT2D eigenvalue weighted by Crippen LogP contribution is 2.35. The Hall–Kier alpha value is -1.92. The Kier molecular flexibility index (Phi) is 6.50. The predicted molar refractivity (Wildman–Crippen MR) is 115 cm³/mol. The smallest absolute Gasteiger partial charge is 0.244 e. The number of carbonyl (C=O) groups is 2. The van der Waals surface area contributed by atoms with E-state index in [4.69, 9.17) is 0 Å². The van der Waals surface area contributed by atoms with Gasteiger partial charge in [-0.1, -0.05) is 26.0 Å². The van der Waals surface area contributed by atoms with Gasteiger partial charge in [0.15, 0.2) is 0 Å². The molecule has 1 heterocycles. The number of amides is 2. The average Bonchev–Trinajstić information content (AvgIpc) is 2.66. The summed E-state index contributed by atoms with van der Waals surface area (Å²) < 4.78 is 0. The molecule has 6 heteroatoms. The highest BCUT2D eigenvalue weighted by Gasteiger charge is 2.26. The summed E-state index contributed by atoms with van der Waals surface area (Å²) in [7, 11) is 0. The zero-order valence-corrected chi connectivity index (χ0v) is 17.5. The highest BCUT2D eigenvalue weighted by atomic mass is 32.2. The summed E-state index contributed by atoms with van der Waals surface area (Å²) in [5.41, 5.74) is 2.63. The Labute approximate surface area is 169 Å². The number of anilines is 2. The van der Waals surface area contributed by atoms with Gasteiger partial charge in [-0.2, -0.15) is 0 Å². The Morgan fingerprint density at radius 2 is 2.07 bits per heavy atom. The van der Waals surface area contributed by atoms with Gasteiger partial charge in [0.1, 0.15) is 6.54 Å². The number of rotatable bonds is 6. The topological polar surface area (TPSA) is 49.4 Å². The number of hydrogen-bond donors (Lipinski definition) is 1. The average molecular weight is 401 g/mol. The predicted octanol–water partition coefficient (Wildman–Crippen LogP) is 4.96. The molecule has 27 heavy (non-hydrogen) atoms. The summed E-state index contributed by atoms with van der Waals surface area (Å²) in [6.45, 7) is 6.41. The van der Waals surface area contributed by atoms with E-state index in [1.54, 1.807) is 4.90 Å². The summed E-state index contributed by atoms with van der Waals surface area (Å²) in [6, 6.07) is 13.8. The van der Waals surface area contributed by atoms with Crippen LogP contribution in [0.4, 0.5) is 11.4 Å². The summed E-state index contributed by atoms with van der Waals surface area (Å²) in [4.78, 5) is 28.7. The third kappa shape index (κ3) is 4.87. The van der Waals surface area contributed by atoms with Crippen LogP contribution in [-0.4, -0.2) is 29.4 Å². The first-order chi connectivity index (χ1) is 13.0. The van der Waals surface area contributed by atoms with Crippen LogP contribution in [0.25, 0.3) is 0 Å². The molecule has 1 atom stereocenters. The number of nitrogens with one attached hydrogen (secondary N) is 1. The van der Waals surface area contributed by atoms with Gasteiger partial charge in [-0.05, 0) is 49.2 Å². The molecular formula is C21H24N2O2S2. The summed E-state index contributed by atoms with van der Waals surface area (Å²) in [5, 5.41) is 3.52. The van der Waals surface area contributed by atoms with E-state index in [0.717, 1.165) is 28.3 Å². The molecule has 2 aromatic carbocycles. The van der Waals surface area contributed by atoms with Crippen molar-refractivity contribution < 1.29 is 9.59 Å². The van der Waals surface area contributed by atoms with E-state index in [-0.39, 0.29) is 18.4 Å². The molecule has 0 saturated carbocycles. The van der Waals surface area contributed by atoms with Crippen LogP contribution in [0.15, 0.2) is 52.3 Å². The van der Waals surface area contributed by atoms with Crippen molar-refractivity contribution in [1.82, 2.24) is 0 Å². The quantitative estimate of drug-likeness (QED) is 0.696. The van der Waals surface area contributed by atoms with E-state index in [1.165, 1.54) is 16.7 Å². The maximum Gasteiger partial charge on any atom is 0.244 e. The van der Waals surface area contributed by atoms with Crippen molar-refractivity contribution in [3.8, 4) is 0 Å². The number of aryl methyl sites for hydroxylation is 1. The molecule has 3 rings (SSSR count). The van der Waals surface area contributed by atoms with Crippen molar-refractivity contribution in [2.45, 2.75) is 42.2 Å². The third-order valence-electron chi connectivity index (χ3n) is 4.49. The van der Waals surface area contributed by atoms with Gasteiger partial charge in [0.25, 0.3) is 0 Å². The zero-order chi connectivity index (χ0) is 19.4. The number of carbonyl (C=O) groups excluding carboxylic acids is 2. The fourth-order valence-corrected chi connectivity index (χ4v) is 4.78. The van der Waals surface area contributed by atoms with Crippen LogP contribution in [-0.2, 0) is 9.59 Å². The minimum atomic E-state index is -0.185. The molecule has 1 unspecified atom stereocenters. The first-order valence-corrected chi connectivity index (χ1v) is 10.9. The lowest BCUT2D eigenvalue weighted by Gasteiger charge is -2.28. The van der Waals surface area contributed by atoms with Crippen molar-refractivity contribution in [2.24, 2.45) is 0 Å².